The van der Waals surface area contributed by atoms with Crippen molar-refractivity contribution in [3.8, 4) is 0 Å². The summed E-state index contributed by atoms with van der Waals surface area (Å²) in [6.45, 7) is 0. The lowest BCUT2D eigenvalue weighted by molar-refractivity contribution is 0.459. The van der Waals surface area contributed by atoms with E-state index in [-0.39, 0.29) is 9.76 Å². The molecule has 0 saturated heterocycles. The highest BCUT2D eigenvalue weighted by Crippen LogP contribution is 2.22. The Morgan fingerprint density at radius 2 is 2.45 bits per heavy atom. The highest BCUT2D eigenvalue weighted by atomic mass is 28.3. The summed E-state index contributed by atoms with van der Waals surface area (Å²) in [6.07, 6.45) is 10.2. The molecule has 0 fully saturated rings. The zero-order valence-corrected chi connectivity index (χ0v) is 10.8. The van der Waals surface area contributed by atoms with Crippen molar-refractivity contribution >= 4 is 20.2 Å². The minimum Gasteiger partial charge on any atom is -0.468 e. The van der Waals surface area contributed by atoms with E-state index >= 15 is 0 Å². The van der Waals surface area contributed by atoms with Crippen molar-refractivity contribution in [1.29, 1.82) is 0 Å². The molecular weight excluding hydrogens is 168 g/mol. The minimum atomic E-state index is -0.0857. The van der Waals surface area contributed by atoms with Crippen LogP contribution in [0.25, 0.3) is 0 Å². The van der Waals surface area contributed by atoms with E-state index in [1.807, 2.05) is 0 Å². The zero-order valence-electron chi connectivity index (χ0n) is 7.38. The van der Waals surface area contributed by atoms with Crippen LogP contribution in [-0.4, -0.2) is 20.2 Å². The SMILES string of the molecule is [SiH3]O[SiH2]CCC1CC=CCC1. The highest BCUT2D eigenvalue weighted by molar-refractivity contribution is 6.34. The predicted octanol–water partition coefficient (Wildman–Crippen LogP) is 0.532. The molecule has 0 amide bonds. The molecular formula is C8H18OSi2. The molecule has 0 spiro atoms. The van der Waals surface area contributed by atoms with Crippen LogP contribution < -0.4 is 0 Å². The topological polar surface area (TPSA) is 9.23 Å². The Labute approximate surface area is 74.7 Å². The third-order valence-electron chi connectivity index (χ3n) is 2.34. The lowest BCUT2D eigenvalue weighted by Crippen LogP contribution is -2.04. The van der Waals surface area contributed by atoms with Crippen molar-refractivity contribution in [2.45, 2.75) is 31.7 Å². The summed E-state index contributed by atoms with van der Waals surface area (Å²) >= 11 is 0. The maximum Gasteiger partial charge on any atom is 0.145 e. The molecule has 64 valence electrons. The second kappa shape index (κ2) is 5.74. The summed E-state index contributed by atoms with van der Waals surface area (Å²) in [7, 11) is 0.879. The van der Waals surface area contributed by atoms with E-state index in [4.69, 9.17) is 4.12 Å². The summed E-state index contributed by atoms with van der Waals surface area (Å²) in [5, 5.41) is 0. The van der Waals surface area contributed by atoms with Gasteiger partial charge in [0, 0.05) is 0 Å². The van der Waals surface area contributed by atoms with Crippen molar-refractivity contribution in [3.05, 3.63) is 12.2 Å². The Balaban J connectivity index is 2.02. The second-order valence-electron chi connectivity index (χ2n) is 3.29. The first-order valence-corrected chi connectivity index (χ1v) is 6.97. The standard InChI is InChI=1S/C8H18OSi2/c10-9-11-7-6-8-4-2-1-3-5-8/h1-2,8H,3-7,11H2,10H3. The molecule has 11 heavy (non-hydrogen) atoms. The van der Waals surface area contributed by atoms with Crippen molar-refractivity contribution in [3.63, 3.8) is 0 Å². The predicted molar refractivity (Wildman–Crippen MR) is 55.5 cm³/mol. The van der Waals surface area contributed by atoms with Gasteiger partial charge in [-0.15, -0.1) is 0 Å². The Hall–Kier alpha value is 0.134. The largest absolute Gasteiger partial charge is 0.468 e. The molecule has 0 N–H and O–H groups in total. The number of hydrogen-bond acceptors (Lipinski definition) is 1. The smallest absolute Gasteiger partial charge is 0.145 e. The van der Waals surface area contributed by atoms with Gasteiger partial charge >= 0.3 is 0 Å². The number of rotatable bonds is 4. The Kier molecular flexibility index (Phi) is 4.81. The molecule has 1 atom stereocenters. The van der Waals surface area contributed by atoms with Crippen LogP contribution in [0.5, 0.6) is 0 Å². The van der Waals surface area contributed by atoms with E-state index in [1.165, 1.54) is 31.7 Å². The molecule has 3 heteroatoms. The molecule has 0 heterocycles. The van der Waals surface area contributed by atoms with Crippen LogP contribution in [0.2, 0.25) is 6.04 Å². The monoisotopic (exact) mass is 186 g/mol. The number of allylic oxidation sites excluding steroid dienone is 2. The lowest BCUT2D eigenvalue weighted by Gasteiger charge is -2.16. The van der Waals surface area contributed by atoms with E-state index in [0.717, 1.165) is 16.4 Å². The van der Waals surface area contributed by atoms with Gasteiger partial charge in [-0.3, -0.25) is 0 Å². The first kappa shape index (κ1) is 9.22. The van der Waals surface area contributed by atoms with Crippen LogP contribution in [-0.2, 0) is 4.12 Å². The van der Waals surface area contributed by atoms with Gasteiger partial charge in [0.25, 0.3) is 0 Å². The fraction of sp³-hybridized carbons (Fsp3) is 0.750. The summed E-state index contributed by atoms with van der Waals surface area (Å²) < 4.78 is 5.29. The summed E-state index contributed by atoms with van der Waals surface area (Å²) in [5.41, 5.74) is 0. The van der Waals surface area contributed by atoms with E-state index in [1.54, 1.807) is 0 Å². The molecule has 0 radical (unpaired) electrons. The van der Waals surface area contributed by atoms with Gasteiger partial charge in [-0.1, -0.05) is 18.6 Å². The van der Waals surface area contributed by atoms with Crippen molar-refractivity contribution < 1.29 is 4.12 Å². The van der Waals surface area contributed by atoms with Crippen molar-refractivity contribution in [1.82, 2.24) is 0 Å². The van der Waals surface area contributed by atoms with Crippen LogP contribution in [0, 0.1) is 5.92 Å². The summed E-state index contributed by atoms with van der Waals surface area (Å²) in [5.74, 6) is 0.990. The Bertz CT molecular complexity index is 125. The average molecular weight is 186 g/mol. The van der Waals surface area contributed by atoms with Crippen LogP contribution in [0.4, 0.5) is 0 Å². The van der Waals surface area contributed by atoms with Crippen LogP contribution in [0.3, 0.4) is 0 Å². The summed E-state index contributed by atoms with van der Waals surface area (Å²) in [6, 6.07) is 1.40. The van der Waals surface area contributed by atoms with Crippen LogP contribution in [0.1, 0.15) is 25.7 Å². The molecule has 0 saturated carbocycles. The zero-order chi connectivity index (χ0) is 7.94. The van der Waals surface area contributed by atoms with Crippen LogP contribution >= 0.6 is 0 Å². The molecule has 0 aromatic carbocycles. The highest BCUT2D eigenvalue weighted by Gasteiger charge is 2.08. The molecule has 0 bridgehead atoms. The molecule has 1 aliphatic rings. The lowest BCUT2D eigenvalue weighted by atomic mass is 9.92. The normalized spacial score (nSPS) is 25.3. The van der Waals surface area contributed by atoms with Crippen LogP contribution in [0.15, 0.2) is 12.2 Å². The quantitative estimate of drug-likeness (QED) is 0.354. The van der Waals surface area contributed by atoms with Gasteiger partial charge in [-0.2, -0.15) is 0 Å². The molecule has 1 rings (SSSR count). The summed E-state index contributed by atoms with van der Waals surface area (Å²) in [4.78, 5) is 0. The van der Waals surface area contributed by atoms with Gasteiger partial charge in [-0.05, 0) is 31.2 Å². The van der Waals surface area contributed by atoms with Gasteiger partial charge in [0.2, 0.25) is 0 Å². The molecule has 1 unspecified atom stereocenters. The third kappa shape index (κ3) is 3.89. The first-order valence-electron chi connectivity index (χ1n) is 4.57. The average Bonchev–Trinajstić information content (AvgIpc) is 2.07. The number of hydrogen-bond donors (Lipinski definition) is 0. The van der Waals surface area contributed by atoms with E-state index < -0.39 is 0 Å². The third-order valence-corrected chi connectivity index (χ3v) is 4.67. The maximum atomic E-state index is 5.29. The van der Waals surface area contributed by atoms with Crippen molar-refractivity contribution in [2.24, 2.45) is 5.92 Å². The Morgan fingerprint density at radius 3 is 3.09 bits per heavy atom. The van der Waals surface area contributed by atoms with Gasteiger partial charge in [0.05, 0.1) is 0 Å². The molecule has 0 aromatic rings. The molecule has 0 aliphatic heterocycles. The van der Waals surface area contributed by atoms with E-state index in [9.17, 15) is 0 Å². The van der Waals surface area contributed by atoms with Gasteiger partial charge in [0.15, 0.2) is 0 Å². The fourth-order valence-electron chi connectivity index (χ4n) is 1.63. The minimum absolute atomic E-state index is 0.0857. The Morgan fingerprint density at radius 1 is 1.55 bits per heavy atom. The van der Waals surface area contributed by atoms with Gasteiger partial charge in [0.1, 0.15) is 20.2 Å². The van der Waals surface area contributed by atoms with Gasteiger partial charge < -0.3 is 4.12 Å². The van der Waals surface area contributed by atoms with Gasteiger partial charge in [-0.25, -0.2) is 0 Å². The fourth-order valence-corrected chi connectivity index (χ4v) is 3.53. The first-order chi connectivity index (χ1) is 5.43. The molecule has 0 aromatic heterocycles. The molecule has 1 nitrogen and oxygen atoms in total. The molecule has 1 aliphatic carbocycles. The second-order valence-corrected chi connectivity index (χ2v) is 6.71. The van der Waals surface area contributed by atoms with Crippen molar-refractivity contribution in [2.75, 3.05) is 0 Å². The van der Waals surface area contributed by atoms with E-state index in [2.05, 4.69) is 12.2 Å². The van der Waals surface area contributed by atoms with E-state index in [0.29, 0.717) is 0 Å². The maximum absolute atomic E-state index is 5.29.